The molecule has 21 heavy (non-hydrogen) atoms. The van der Waals surface area contributed by atoms with Gasteiger partial charge in [-0.2, -0.15) is 0 Å². The Hall–Kier alpha value is -1.40. The topological polar surface area (TPSA) is 75.3 Å². The molecule has 2 N–H and O–H groups in total. The molecule has 1 aliphatic heterocycles. The third-order valence-electron chi connectivity index (χ3n) is 3.75. The van der Waals surface area contributed by atoms with E-state index >= 15 is 0 Å². The van der Waals surface area contributed by atoms with E-state index in [9.17, 15) is 13.2 Å². The molecule has 1 unspecified atom stereocenters. The van der Waals surface area contributed by atoms with Crippen LogP contribution in [-0.2, 0) is 21.1 Å². The zero-order valence-corrected chi connectivity index (χ0v) is 13.1. The lowest BCUT2D eigenvalue weighted by Gasteiger charge is -2.13. The van der Waals surface area contributed by atoms with Crippen LogP contribution >= 0.6 is 0 Å². The number of amides is 1. The molecule has 1 amide bonds. The molecule has 1 saturated heterocycles. The number of hydrogen-bond acceptors (Lipinski definition) is 4. The number of sulfone groups is 1. The second kappa shape index (κ2) is 7.04. The van der Waals surface area contributed by atoms with E-state index < -0.39 is 9.84 Å². The van der Waals surface area contributed by atoms with Gasteiger partial charge in [-0.1, -0.05) is 25.1 Å². The molecule has 0 spiro atoms. The van der Waals surface area contributed by atoms with Crippen LogP contribution < -0.4 is 10.6 Å². The molecule has 1 fully saturated rings. The smallest absolute Gasteiger partial charge is 0.224 e. The van der Waals surface area contributed by atoms with Crippen molar-refractivity contribution in [3.8, 4) is 0 Å². The van der Waals surface area contributed by atoms with E-state index in [4.69, 9.17) is 0 Å². The van der Waals surface area contributed by atoms with E-state index in [1.165, 1.54) is 0 Å². The molecule has 1 aromatic rings. The van der Waals surface area contributed by atoms with Gasteiger partial charge in [0.05, 0.1) is 17.1 Å². The van der Waals surface area contributed by atoms with Crippen LogP contribution in [0.2, 0.25) is 0 Å². The molecular formula is C15H22N2O3S. The third-order valence-corrected chi connectivity index (χ3v) is 5.58. The Morgan fingerprint density at radius 3 is 2.81 bits per heavy atom. The molecule has 5 nitrogen and oxygen atoms in total. The van der Waals surface area contributed by atoms with Gasteiger partial charge in [0.2, 0.25) is 5.91 Å². The van der Waals surface area contributed by atoms with Gasteiger partial charge >= 0.3 is 0 Å². The first kappa shape index (κ1) is 16.0. The predicted octanol–water partition coefficient (Wildman–Crippen LogP) is 0.891. The molecule has 1 heterocycles. The third kappa shape index (κ3) is 4.28. The predicted molar refractivity (Wildman–Crippen MR) is 81.9 cm³/mol. The highest BCUT2D eigenvalue weighted by atomic mass is 32.2. The maximum atomic E-state index is 12.0. The van der Waals surface area contributed by atoms with E-state index in [0.29, 0.717) is 18.2 Å². The molecular weight excluding hydrogens is 288 g/mol. The molecule has 116 valence electrons. The van der Waals surface area contributed by atoms with Crippen molar-refractivity contribution >= 4 is 15.7 Å². The minimum atomic E-state index is -3.30. The number of hydrogen-bond donors (Lipinski definition) is 2. The van der Waals surface area contributed by atoms with Crippen molar-refractivity contribution in [3.63, 3.8) is 0 Å². The van der Waals surface area contributed by atoms with Gasteiger partial charge in [0, 0.05) is 12.6 Å². The highest BCUT2D eigenvalue weighted by Crippen LogP contribution is 2.17. The molecule has 1 aliphatic rings. The van der Waals surface area contributed by atoms with Crippen molar-refractivity contribution in [3.05, 3.63) is 29.8 Å². The molecule has 0 radical (unpaired) electrons. The van der Waals surface area contributed by atoms with Crippen molar-refractivity contribution < 1.29 is 13.2 Å². The van der Waals surface area contributed by atoms with Crippen molar-refractivity contribution in [1.29, 1.82) is 0 Å². The maximum Gasteiger partial charge on any atom is 0.224 e. The first-order chi connectivity index (χ1) is 10.0. The summed E-state index contributed by atoms with van der Waals surface area (Å²) in [5.41, 5.74) is 0.566. The lowest BCUT2D eigenvalue weighted by Crippen LogP contribution is -2.37. The van der Waals surface area contributed by atoms with Crippen LogP contribution in [0, 0.1) is 0 Å². The van der Waals surface area contributed by atoms with Crippen LogP contribution in [0.5, 0.6) is 0 Å². The standard InChI is InChI=1S/C15H22N2O3S/c1-2-21(19,20)14-8-4-3-6-12(14)10-15(18)17-11-13-7-5-9-16-13/h3-4,6,8,13,16H,2,5,7,9-11H2,1H3,(H,17,18). The van der Waals surface area contributed by atoms with Crippen LogP contribution in [0.1, 0.15) is 25.3 Å². The molecule has 0 aromatic heterocycles. The zero-order chi connectivity index (χ0) is 15.3. The molecule has 1 aromatic carbocycles. The van der Waals surface area contributed by atoms with Crippen LogP contribution in [0.4, 0.5) is 0 Å². The summed E-state index contributed by atoms with van der Waals surface area (Å²) in [7, 11) is -3.30. The summed E-state index contributed by atoms with van der Waals surface area (Å²) in [6, 6.07) is 7.06. The summed E-state index contributed by atoms with van der Waals surface area (Å²) in [6.45, 7) is 3.21. The maximum absolute atomic E-state index is 12.0. The van der Waals surface area contributed by atoms with Gasteiger partial charge in [0.1, 0.15) is 0 Å². The Kier molecular flexibility index (Phi) is 5.36. The number of benzene rings is 1. The van der Waals surface area contributed by atoms with E-state index in [-0.39, 0.29) is 23.0 Å². The number of nitrogens with one attached hydrogen (secondary N) is 2. The Labute approximate surface area is 126 Å². The largest absolute Gasteiger partial charge is 0.354 e. The summed E-state index contributed by atoms with van der Waals surface area (Å²) in [5, 5.41) is 6.18. The van der Waals surface area contributed by atoms with E-state index in [1.54, 1.807) is 31.2 Å². The van der Waals surface area contributed by atoms with E-state index in [0.717, 1.165) is 19.4 Å². The molecule has 2 rings (SSSR count). The normalized spacial score (nSPS) is 18.6. The van der Waals surface area contributed by atoms with Gasteiger partial charge in [0.25, 0.3) is 0 Å². The second-order valence-electron chi connectivity index (χ2n) is 5.29. The summed E-state index contributed by atoms with van der Waals surface area (Å²) < 4.78 is 24.1. The second-order valence-corrected chi connectivity index (χ2v) is 7.53. The van der Waals surface area contributed by atoms with Gasteiger partial charge in [-0.15, -0.1) is 0 Å². The van der Waals surface area contributed by atoms with Crippen LogP contribution in [0.3, 0.4) is 0 Å². The first-order valence-electron chi connectivity index (χ1n) is 7.33. The van der Waals surface area contributed by atoms with E-state index in [1.807, 2.05) is 0 Å². The van der Waals surface area contributed by atoms with Crippen molar-refractivity contribution in [1.82, 2.24) is 10.6 Å². The van der Waals surface area contributed by atoms with Crippen molar-refractivity contribution in [2.75, 3.05) is 18.8 Å². The van der Waals surface area contributed by atoms with Crippen molar-refractivity contribution in [2.45, 2.75) is 37.1 Å². The Balaban J connectivity index is 2.00. The van der Waals surface area contributed by atoms with Gasteiger partial charge < -0.3 is 10.6 Å². The molecule has 0 bridgehead atoms. The molecule has 1 atom stereocenters. The fourth-order valence-electron chi connectivity index (χ4n) is 2.51. The summed E-state index contributed by atoms with van der Waals surface area (Å²) >= 11 is 0. The number of rotatable bonds is 6. The van der Waals surface area contributed by atoms with Crippen LogP contribution in [0.15, 0.2) is 29.2 Å². The lowest BCUT2D eigenvalue weighted by molar-refractivity contribution is -0.120. The highest BCUT2D eigenvalue weighted by molar-refractivity contribution is 7.91. The highest BCUT2D eigenvalue weighted by Gasteiger charge is 2.19. The molecule has 0 saturated carbocycles. The van der Waals surface area contributed by atoms with Gasteiger partial charge in [-0.05, 0) is 31.0 Å². The average Bonchev–Trinajstić information content (AvgIpc) is 2.99. The van der Waals surface area contributed by atoms with E-state index in [2.05, 4.69) is 10.6 Å². The Morgan fingerprint density at radius 2 is 2.14 bits per heavy atom. The molecule has 0 aliphatic carbocycles. The fraction of sp³-hybridized carbons (Fsp3) is 0.533. The molecule has 6 heteroatoms. The van der Waals surface area contributed by atoms with Gasteiger partial charge in [-0.3, -0.25) is 4.79 Å². The zero-order valence-electron chi connectivity index (χ0n) is 12.3. The van der Waals surface area contributed by atoms with Crippen molar-refractivity contribution in [2.24, 2.45) is 0 Å². The minimum Gasteiger partial charge on any atom is -0.354 e. The van der Waals surface area contributed by atoms with Crippen LogP contribution in [-0.4, -0.2) is 39.2 Å². The van der Waals surface area contributed by atoms with Gasteiger partial charge in [0.15, 0.2) is 9.84 Å². The Bertz CT molecular complexity index is 593. The fourth-order valence-corrected chi connectivity index (χ4v) is 3.65. The summed E-state index contributed by atoms with van der Waals surface area (Å²) in [5.74, 6) is -0.0973. The summed E-state index contributed by atoms with van der Waals surface area (Å²) in [6.07, 6.45) is 2.31. The Morgan fingerprint density at radius 1 is 1.38 bits per heavy atom. The average molecular weight is 310 g/mol. The summed E-state index contributed by atoms with van der Waals surface area (Å²) in [4.78, 5) is 12.3. The first-order valence-corrected chi connectivity index (χ1v) is 8.99. The quantitative estimate of drug-likeness (QED) is 0.818. The van der Waals surface area contributed by atoms with Gasteiger partial charge in [-0.25, -0.2) is 8.42 Å². The minimum absolute atomic E-state index is 0.0393. The number of carbonyl (C=O) groups is 1. The van der Waals surface area contributed by atoms with Crippen LogP contribution in [0.25, 0.3) is 0 Å². The SMILES string of the molecule is CCS(=O)(=O)c1ccccc1CC(=O)NCC1CCCN1. The number of carbonyl (C=O) groups excluding carboxylic acids is 1. The lowest BCUT2D eigenvalue weighted by atomic mass is 10.1. The monoisotopic (exact) mass is 310 g/mol.